The minimum Gasteiger partial charge on any atom is -0.481 e. The van der Waals surface area contributed by atoms with E-state index in [9.17, 15) is 28.8 Å². The van der Waals surface area contributed by atoms with Gasteiger partial charge in [-0.25, -0.2) is 0 Å². The monoisotopic (exact) mass is 682 g/mol. The Bertz CT molecular complexity index is 800. The van der Waals surface area contributed by atoms with Gasteiger partial charge in [-0.15, -0.1) is 0 Å². The molecule has 0 rings (SSSR count). The first-order chi connectivity index (χ1) is 23.2. The molecule has 0 fully saturated rings. The number of carbonyl (C=O) groups is 6. The lowest BCUT2D eigenvalue weighted by molar-refractivity contribution is -0.161. The molecule has 0 heterocycles. The number of carboxylic acids is 2. The number of carboxylic acid groups (broad SMARTS) is 2. The van der Waals surface area contributed by atoms with Crippen molar-refractivity contribution in [2.24, 2.45) is 0 Å². The Morgan fingerprint density at radius 1 is 0.250 bits per heavy atom. The van der Waals surface area contributed by atoms with Crippen LogP contribution < -0.4 is 0 Å². The van der Waals surface area contributed by atoms with E-state index < -0.39 is 35.8 Å². The highest BCUT2D eigenvalue weighted by atomic mass is 16.6. The predicted octanol–water partition coefficient (Wildman–Crippen LogP) is 9.78. The molecule has 0 aromatic heterocycles. The van der Waals surface area contributed by atoms with Gasteiger partial charge in [0.25, 0.3) is 0 Å². The quantitative estimate of drug-likeness (QED) is 0.0374. The van der Waals surface area contributed by atoms with Crippen molar-refractivity contribution in [1.82, 2.24) is 0 Å². The molecule has 0 radical (unpaired) electrons. The van der Waals surface area contributed by atoms with Crippen molar-refractivity contribution in [2.45, 2.75) is 205 Å². The van der Waals surface area contributed by atoms with E-state index in [2.05, 4.69) is 0 Å². The molecule has 0 atom stereocenters. The summed E-state index contributed by atoms with van der Waals surface area (Å²) in [6.07, 6.45) is 27.0. The third-order valence-corrected chi connectivity index (χ3v) is 8.51. The van der Waals surface area contributed by atoms with Crippen molar-refractivity contribution < 1.29 is 48.5 Å². The summed E-state index contributed by atoms with van der Waals surface area (Å²) in [5.41, 5.74) is 0. The topological polar surface area (TPSA) is 161 Å². The van der Waals surface area contributed by atoms with Gasteiger partial charge in [-0.1, -0.05) is 128 Å². The van der Waals surface area contributed by atoms with Crippen molar-refractivity contribution in [3.05, 3.63) is 0 Å². The standard InChI is InChI=1S/C38H66O10/c39-33(40)27-21-15-11-13-19-25-31-37(45)47-35(43)29-23-17-9-7-5-3-1-2-4-6-8-10-18-24-30-36(44)48-38(46)32-26-20-14-12-16-22-28-34(41)42/h1-32H2,(H,39,40)(H,41,42). The van der Waals surface area contributed by atoms with Crippen LogP contribution >= 0.6 is 0 Å². The molecule has 0 amide bonds. The van der Waals surface area contributed by atoms with Crippen molar-refractivity contribution in [2.75, 3.05) is 0 Å². The fourth-order valence-electron chi connectivity index (χ4n) is 5.62. The van der Waals surface area contributed by atoms with E-state index >= 15 is 0 Å². The smallest absolute Gasteiger partial charge is 0.313 e. The Kier molecular flexibility index (Phi) is 32.1. The van der Waals surface area contributed by atoms with Gasteiger partial charge >= 0.3 is 35.8 Å². The van der Waals surface area contributed by atoms with Crippen LogP contribution in [-0.2, 0) is 38.2 Å². The molecule has 0 aromatic carbocycles. The van der Waals surface area contributed by atoms with Gasteiger partial charge in [-0.05, 0) is 38.5 Å². The van der Waals surface area contributed by atoms with Gasteiger partial charge in [0.15, 0.2) is 0 Å². The molecule has 0 aliphatic carbocycles. The number of esters is 4. The molecule has 0 saturated heterocycles. The average molecular weight is 683 g/mol. The summed E-state index contributed by atoms with van der Waals surface area (Å²) in [7, 11) is 0. The maximum atomic E-state index is 11.9. The number of aliphatic carboxylic acids is 2. The van der Waals surface area contributed by atoms with E-state index in [0.29, 0.717) is 38.5 Å². The first-order valence-corrected chi connectivity index (χ1v) is 19.1. The fraction of sp³-hybridized carbons (Fsp3) is 0.842. The third kappa shape index (κ3) is 36.1. The summed E-state index contributed by atoms with van der Waals surface area (Å²) in [6, 6.07) is 0. The summed E-state index contributed by atoms with van der Waals surface area (Å²) in [4.78, 5) is 68.2. The third-order valence-electron chi connectivity index (χ3n) is 8.51. The molecule has 278 valence electrons. The van der Waals surface area contributed by atoms with E-state index in [1.165, 1.54) is 38.5 Å². The first kappa shape index (κ1) is 45.2. The zero-order valence-electron chi connectivity index (χ0n) is 29.8. The van der Waals surface area contributed by atoms with Crippen LogP contribution in [0.4, 0.5) is 0 Å². The predicted molar refractivity (Wildman–Crippen MR) is 185 cm³/mol. The van der Waals surface area contributed by atoms with E-state index in [0.717, 1.165) is 103 Å². The van der Waals surface area contributed by atoms with Crippen LogP contribution in [0.1, 0.15) is 205 Å². The minimum absolute atomic E-state index is 0.209. The molecule has 48 heavy (non-hydrogen) atoms. The van der Waals surface area contributed by atoms with Crippen LogP contribution in [0.2, 0.25) is 0 Å². The Hall–Kier alpha value is -2.78. The highest BCUT2D eigenvalue weighted by molar-refractivity contribution is 5.85. The fourth-order valence-corrected chi connectivity index (χ4v) is 5.62. The highest BCUT2D eigenvalue weighted by Crippen LogP contribution is 2.15. The molecular formula is C38H66O10. The van der Waals surface area contributed by atoms with Gasteiger partial charge < -0.3 is 19.7 Å². The summed E-state index contributed by atoms with van der Waals surface area (Å²) in [5.74, 6) is -3.26. The second-order valence-corrected chi connectivity index (χ2v) is 13.2. The normalized spacial score (nSPS) is 10.9. The number of rotatable bonds is 35. The number of unbranched alkanes of at least 4 members (excludes halogenated alkanes) is 23. The van der Waals surface area contributed by atoms with Crippen LogP contribution in [0.25, 0.3) is 0 Å². The zero-order chi connectivity index (χ0) is 35.5. The van der Waals surface area contributed by atoms with Crippen molar-refractivity contribution >= 4 is 35.8 Å². The Morgan fingerprint density at radius 2 is 0.396 bits per heavy atom. The lowest BCUT2D eigenvalue weighted by atomic mass is 10.0. The molecule has 0 aromatic rings. The Labute approximate surface area is 289 Å². The Balaban J connectivity index is 3.38. The molecule has 0 saturated carbocycles. The number of hydrogen-bond acceptors (Lipinski definition) is 8. The molecule has 0 aliphatic rings. The lowest BCUT2D eigenvalue weighted by Crippen LogP contribution is -2.11. The second kappa shape index (κ2) is 34.1. The summed E-state index contributed by atoms with van der Waals surface area (Å²) in [5, 5.41) is 17.2. The van der Waals surface area contributed by atoms with Gasteiger partial charge in [0.1, 0.15) is 0 Å². The van der Waals surface area contributed by atoms with Crippen LogP contribution in [0.5, 0.6) is 0 Å². The van der Waals surface area contributed by atoms with Gasteiger partial charge in [0, 0.05) is 38.5 Å². The number of ether oxygens (including phenoxy) is 2. The zero-order valence-corrected chi connectivity index (χ0v) is 29.8. The van der Waals surface area contributed by atoms with Gasteiger partial charge in [-0.3, -0.25) is 28.8 Å². The molecule has 0 aliphatic heterocycles. The summed E-state index contributed by atoms with van der Waals surface area (Å²) < 4.78 is 9.82. The molecule has 10 nitrogen and oxygen atoms in total. The van der Waals surface area contributed by atoms with Crippen molar-refractivity contribution in [1.29, 1.82) is 0 Å². The molecule has 0 spiro atoms. The van der Waals surface area contributed by atoms with Crippen LogP contribution in [0, 0.1) is 0 Å². The van der Waals surface area contributed by atoms with Crippen LogP contribution in [-0.4, -0.2) is 46.0 Å². The molecule has 10 heteroatoms. The average Bonchev–Trinajstić information content (AvgIpc) is 3.03. The van der Waals surface area contributed by atoms with Gasteiger partial charge in [0.05, 0.1) is 0 Å². The van der Waals surface area contributed by atoms with Crippen molar-refractivity contribution in [3.63, 3.8) is 0 Å². The number of carbonyl (C=O) groups excluding carboxylic acids is 4. The van der Waals surface area contributed by atoms with Crippen LogP contribution in [0.3, 0.4) is 0 Å². The first-order valence-electron chi connectivity index (χ1n) is 19.1. The second-order valence-electron chi connectivity index (χ2n) is 13.2. The maximum absolute atomic E-state index is 11.9. The molecular weight excluding hydrogens is 616 g/mol. The van der Waals surface area contributed by atoms with E-state index in [1.54, 1.807) is 0 Å². The molecule has 0 unspecified atom stereocenters. The largest absolute Gasteiger partial charge is 0.481 e. The molecule has 2 N–H and O–H groups in total. The van der Waals surface area contributed by atoms with Crippen LogP contribution in [0.15, 0.2) is 0 Å². The molecule has 0 bridgehead atoms. The van der Waals surface area contributed by atoms with E-state index in [4.69, 9.17) is 19.7 Å². The van der Waals surface area contributed by atoms with E-state index in [-0.39, 0.29) is 25.7 Å². The number of hydrogen-bond donors (Lipinski definition) is 2. The summed E-state index contributed by atoms with van der Waals surface area (Å²) in [6.45, 7) is 0. The lowest BCUT2D eigenvalue weighted by Gasteiger charge is -2.05. The summed E-state index contributed by atoms with van der Waals surface area (Å²) >= 11 is 0. The Morgan fingerprint density at radius 3 is 0.562 bits per heavy atom. The van der Waals surface area contributed by atoms with Gasteiger partial charge in [-0.2, -0.15) is 0 Å². The van der Waals surface area contributed by atoms with E-state index in [1.807, 2.05) is 0 Å². The highest BCUT2D eigenvalue weighted by Gasteiger charge is 2.11. The maximum Gasteiger partial charge on any atom is 0.313 e. The van der Waals surface area contributed by atoms with Crippen molar-refractivity contribution in [3.8, 4) is 0 Å². The van der Waals surface area contributed by atoms with Gasteiger partial charge in [0.2, 0.25) is 0 Å². The SMILES string of the molecule is O=C(O)CCCCCCCCC(=O)OC(=O)CCCCCCCCCCCCCCCCC(=O)OC(=O)CCCCCCCCC(=O)O. The minimum atomic E-state index is -0.761.